The molecule has 0 aliphatic carbocycles. The lowest BCUT2D eigenvalue weighted by atomic mass is 10.00. The Bertz CT molecular complexity index is 1490. The van der Waals surface area contributed by atoms with Crippen LogP contribution in [0, 0.1) is 6.92 Å². The molecule has 0 atom stereocenters. The second-order valence-electron chi connectivity index (χ2n) is 10.9. The number of hydrogen-bond donors (Lipinski definition) is 1. The molecule has 6 heteroatoms. The van der Waals surface area contributed by atoms with Crippen LogP contribution in [0.15, 0.2) is 59.5 Å². The number of carbonyl (C=O) groups excluding carboxylic acids is 1. The topological polar surface area (TPSA) is 61.3 Å². The second kappa shape index (κ2) is 11.4. The number of rotatable bonds is 9. The van der Waals surface area contributed by atoms with E-state index in [0.29, 0.717) is 17.0 Å². The van der Waals surface area contributed by atoms with E-state index in [1.54, 1.807) is 4.90 Å². The minimum atomic E-state index is -0.130. The minimum absolute atomic E-state index is 0.116. The van der Waals surface area contributed by atoms with Gasteiger partial charge in [0, 0.05) is 42.1 Å². The number of benzene rings is 2. The number of H-pyrrole nitrogens is 1. The lowest BCUT2D eigenvalue weighted by Crippen LogP contribution is -2.34. The molecule has 0 spiro atoms. The molecule has 2 aromatic carbocycles. The fourth-order valence-corrected chi connectivity index (χ4v) is 5.31. The predicted octanol–water partition coefficient (Wildman–Crippen LogP) is 6.16. The lowest BCUT2D eigenvalue weighted by Gasteiger charge is -2.25. The first kappa shape index (κ1) is 27.4. The molecular formula is C32H40N4O2. The largest absolute Gasteiger partial charge is 0.350 e. The first-order chi connectivity index (χ1) is 18.1. The summed E-state index contributed by atoms with van der Waals surface area (Å²) in [6.45, 7) is 9.36. The summed E-state index contributed by atoms with van der Waals surface area (Å²) in [7, 11) is 6.07. The average molecular weight is 513 g/mol. The van der Waals surface area contributed by atoms with Crippen LogP contribution in [-0.4, -0.2) is 34.5 Å². The Balaban J connectivity index is 1.86. The van der Waals surface area contributed by atoms with Gasteiger partial charge in [-0.3, -0.25) is 9.59 Å². The van der Waals surface area contributed by atoms with E-state index < -0.39 is 0 Å². The summed E-state index contributed by atoms with van der Waals surface area (Å²) in [6, 6.07) is 16.1. The molecule has 1 N–H and O–H groups in total. The van der Waals surface area contributed by atoms with Crippen molar-refractivity contribution in [3.05, 3.63) is 98.6 Å². The average Bonchev–Trinajstić information content (AvgIpc) is 3.21. The number of nitrogens with one attached hydrogen (secondary N) is 1. The summed E-state index contributed by atoms with van der Waals surface area (Å²) in [5, 5.41) is 1.09. The first-order valence-electron chi connectivity index (χ1n) is 13.5. The van der Waals surface area contributed by atoms with Gasteiger partial charge in [0.15, 0.2) is 0 Å². The third-order valence-electron chi connectivity index (χ3n) is 7.08. The van der Waals surface area contributed by atoms with Gasteiger partial charge in [0.05, 0.1) is 17.6 Å². The molecule has 2 heterocycles. The van der Waals surface area contributed by atoms with Gasteiger partial charge in [0.1, 0.15) is 0 Å². The number of nitrogens with zero attached hydrogens (tertiary/aromatic N) is 3. The summed E-state index contributed by atoms with van der Waals surface area (Å²) >= 11 is 0. The van der Waals surface area contributed by atoms with Gasteiger partial charge in [-0.1, -0.05) is 51.5 Å². The predicted molar refractivity (Wildman–Crippen MR) is 157 cm³/mol. The Morgan fingerprint density at radius 3 is 2.39 bits per heavy atom. The highest BCUT2D eigenvalue weighted by molar-refractivity contribution is 6.13. The molecule has 2 aromatic heterocycles. The second-order valence-corrected chi connectivity index (χ2v) is 10.9. The van der Waals surface area contributed by atoms with E-state index >= 15 is 0 Å². The number of para-hydroxylation sites is 1. The number of aromatic amines is 1. The lowest BCUT2D eigenvalue weighted by molar-refractivity contribution is 0.0986. The maximum absolute atomic E-state index is 14.4. The van der Waals surface area contributed by atoms with E-state index in [0.717, 1.165) is 52.8 Å². The van der Waals surface area contributed by atoms with Crippen LogP contribution in [0.4, 0.5) is 5.69 Å². The third kappa shape index (κ3) is 5.60. The molecule has 0 saturated carbocycles. The molecule has 200 valence electrons. The van der Waals surface area contributed by atoms with E-state index in [-0.39, 0.29) is 18.0 Å². The zero-order valence-corrected chi connectivity index (χ0v) is 23.8. The van der Waals surface area contributed by atoms with Crippen molar-refractivity contribution in [1.82, 2.24) is 14.5 Å². The highest BCUT2D eigenvalue weighted by atomic mass is 16.2. The highest BCUT2D eigenvalue weighted by Gasteiger charge is 2.25. The van der Waals surface area contributed by atoms with E-state index in [4.69, 9.17) is 0 Å². The van der Waals surface area contributed by atoms with Crippen LogP contribution in [0.3, 0.4) is 0 Å². The van der Waals surface area contributed by atoms with Gasteiger partial charge in [-0.05, 0) is 74.3 Å². The number of fused-ring (bicyclic) bond motifs is 1. The number of amides is 1. The van der Waals surface area contributed by atoms with Gasteiger partial charge < -0.3 is 19.4 Å². The van der Waals surface area contributed by atoms with Crippen LogP contribution >= 0.6 is 0 Å². The first-order valence-corrected chi connectivity index (χ1v) is 13.5. The van der Waals surface area contributed by atoms with Gasteiger partial charge in [0.25, 0.3) is 11.5 Å². The smallest absolute Gasteiger partial charge is 0.260 e. The van der Waals surface area contributed by atoms with Crippen molar-refractivity contribution in [3.63, 3.8) is 0 Å². The summed E-state index contributed by atoms with van der Waals surface area (Å²) in [6.07, 6.45) is 3.83. The van der Waals surface area contributed by atoms with Crippen molar-refractivity contribution in [2.75, 3.05) is 19.0 Å². The van der Waals surface area contributed by atoms with Gasteiger partial charge in [-0.15, -0.1) is 0 Å². The monoisotopic (exact) mass is 512 g/mol. The molecule has 38 heavy (non-hydrogen) atoms. The SMILES string of the molecule is CCCc1cc(C)[nH]c(=O)c1CN(C(=O)c1cccc2c(C(C)C)cn(C)c12)c1ccc(CN(C)C)cc1. The summed E-state index contributed by atoms with van der Waals surface area (Å²) in [5.74, 6) is 0.224. The van der Waals surface area contributed by atoms with Gasteiger partial charge in [-0.25, -0.2) is 0 Å². The van der Waals surface area contributed by atoms with Crippen molar-refractivity contribution >= 4 is 22.5 Å². The Hall–Kier alpha value is -3.64. The highest BCUT2D eigenvalue weighted by Crippen LogP contribution is 2.31. The van der Waals surface area contributed by atoms with Crippen LogP contribution in [0.1, 0.15) is 71.4 Å². The minimum Gasteiger partial charge on any atom is -0.350 e. The molecular weight excluding hydrogens is 472 g/mol. The van der Waals surface area contributed by atoms with Crippen LogP contribution in [-0.2, 0) is 26.6 Å². The maximum Gasteiger partial charge on any atom is 0.260 e. The molecule has 0 aliphatic rings. The van der Waals surface area contributed by atoms with Crippen molar-refractivity contribution in [1.29, 1.82) is 0 Å². The van der Waals surface area contributed by atoms with Crippen molar-refractivity contribution in [2.45, 2.75) is 59.5 Å². The molecule has 4 aromatic rings. The molecule has 0 aliphatic heterocycles. The summed E-state index contributed by atoms with van der Waals surface area (Å²) in [5.41, 5.74) is 7.05. The normalized spacial score (nSPS) is 11.6. The Morgan fingerprint density at radius 1 is 1.05 bits per heavy atom. The van der Waals surface area contributed by atoms with Gasteiger partial charge in [0.2, 0.25) is 0 Å². The molecule has 4 rings (SSSR count). The Morgan fingerprint density at radius 2 is 1.76 bits per heavy atom. The number of aryl methyl sites for hydroxylation is 3. The van der Waals surface area contributed by atoms with Crippen molar-refractivity contribution in [3.8, 4) is 0 Å². The summed E-state index contributed by atoms with van der Waals surface area (Å²) in [4.78, 5) is 34.4. The fraction of sp³-hybridized carbons (Fsp3) is 0.375. The molecule has 0 fully saturated rings. The van der Waals surface area contributed by atoms with Gasteiger partial charge >= 0.3 is 0 Å². The van der Waals surface area contributed by atoms with Crippen molar-refractivity contribution in [2.24, 2.45) is 7.05 Å². The van der Waals surface area contributed by atoms with E-state index in [1.165, 1.54) is 5.56 Å². The fourth-order valence-electron chi connectivity index (χ4n) is 5.31. The van der Waals surface area contributed by atoms with E-state index in [1.807, 2.05) is 58.4 Å². The van der Waals surface area contributed by atoms with Crippen LogP contribution in [0.25, 0.3) is 10.9 Å². The standard InChI is InChI=1S/C32H40N4O2/c1-8-10-24-17-22(4)33-31(37)29(24)20-36(25-15-13-23(14-16-25)18-34(5)6)32(38)27-12-9-11-26-28(21(2)3)19-35(7)30(26)27/h9,11-17,19,21H,8,10,18,20H2,1-7H3,(H,33,37). The molecule has 0 unspecified atom stereocenters. The number of aromatic nitrogens is 2. The van der Waals surface area contributed by atoms with Crippen LogP contribution in [0.2, 0.25) is 0 Å². The quantitative estimate of drug-likeness (QED) is 0.292. The van der Waals surface area contributed by atoms with E-state index in [9.17, 15) is 9.59 Å². The third-order valence-corrected chi connectivity index (χ3v) is 7.08. The van der Waals surface area contributed by atoms with Crippen LogP contribution < -0.4 is 10.5 Å². The van der Waals surface area contributed by atoms with Crippen molar-refractivity contribution < 1.29 is 4.79 Å². The molecule has 0 saturated heterocycles. The number of hydrogen-bond acceptors (Lipinski definition) is 3. The number of anilines is 1. The molecule has 0 radical (unpaired) electrons. The van der Waals surface area contributed by atoms with Crippen LogP contribution in [0.5, 0.6) is 0 Å². The molecule has 0 bridgehead atoms. The molecule has 6 nitrogen and oxygen atoms in total. The number of pyridine rings is 1. The Labute approximate surface area is 225 Å². The number of carbonyl (C=O) groups is 1. The summed E-state index contributed by atoms with van der Waals surface area (Å²) < 4.78 is 2.05. The zero-order valence-electron chi connectivity index (χ0n) is 23.8. The zero-order chi connectivity index (χ0) is 27.6. The van der Waals surface area contributed by atoms with E-state index in [2.05, 4.69) is 59.6 Å². The maximum atomic E-state index is 14.4. The van der Waals surface area contributed by atoms with Gasteiger partial charge in [-0.2, -0.15) is 0 Å². The Kier molecular flexibility index (Phi) is 8.22. The molecule has 1 amide bonds.